The standard InChI is InChI=1S/C10H17NO3/c1-6-7(11-9(13)14-5)8(12)10(2,3)4/h6-7H,1H2,2-5H3,(H,11,13). The Morgan fingerprint density at radius 3 is 2.21 bits per heavy atom. The Balaban J connectivity index is 4.50. The number of amides is 1. The SMILES string of the molecule is C=CC(NC(=O)OC)C(=O)C(C)(C)C. The summed E-state index contributed by atoms with van der Waals surface area (Å²) in [4.78, 5) is 22.6. The molecule has 0 heterocycles. The third-order valence-electron chi connectivity index (χ3n) is 1.72. The molecule has 0 spiro atoms. The largest absolute Gasteiger partial charge is 0.453 e. The van der Waals surface area contributed by atoms with Gasteiger partial charge in [-0.15, -0.1) is 6.58 Å². The van der Waals surface area contributed by atoms with E-state index in [1.54, 1.807) is 20.8 Å². The van der Waals surface area contributed by atoms with Gasteiger partial charge in [0, 0.05) is 5.41 Å². The highest BCUT2D eigenvalue weighted by Crippen LogP contribution is 2.17. The first-order valence-electron chi connectivity index (χ1n) is 4.34. The predicted octanol–water partition coefficient (Wildman–Crippen LogP) is 1.51. The first-order chi connectivity index (χ1) is 6.32. The van der Waals surface area contributed by atoms with E-state index in [1.165, 1.54) is 13.2 Å². The maximum atomic E-state index is 11.7. The van der Waals surface area contributed by atoms with Crippen LogP contribution < -0.4 is 5.32 Å². The monoisotopic (exact) mass is 199 g/mol. The summed E-state index contributed by atoms with van der Waals surface area (Å²) in [5, 5.41) is 2.39. The molecule has 1 unspecified atom stereocenters. The van der Waals surface area contributed by atoms with Crippen LogP contribution in [0.5, 0.6) is 0 Å². The molecule has 0 fully saturated rings. The quantitative estimate of drug-likeness (QED) is 0.701. The number of carbonyl (C=O) groups excluding carboxylic acids is 2. The summed E-state index contributed by atoms with van der Waals surface area (Å²) in [5.74, 6) is -0.0992. The topological polar surface area (TPSA) is 55.4 Å². The predicted molar refractivity (Wildman–Crippen MR) is 54.0 cm³/mol. The normalized spacial score (nSPS) is 12.9. The number of Topliss-reactive ketones (excluding diaryl/α,β-unsaturated/α-hetero) is 1. The summed E-state index contributed by atoms with van der Waals surface area (Å²) in [6.07, 6.45) is 0.761. The van der Waals surface area contributed by atoms with E-state index in [9.17, 15) is 9.59 Å². The van der Waals surface area contributed by atoms with Crippen LogP contribution in [0.2, 0.25) is 0 Å². The Kier molecular flexibility index (Phi) is 4.34. The fraction of sp³-hybridized carbons (Fsp3) is 0.600. The molecule has 0 saturated heterocycles. The zero-order valence-electron chi connectivity index (χ0n) is 9.09. The molecule has 0 aliphatic heterocycles. The summed E-state index contributed by atoms with van der Waals surface area (Å²) in [6.45, 7) is 8.84. The van der Waals surface area contributed by atoms with Gasteiger partial charge in [0.1, 0.15) is 6.04 Å². The summed E-state index contributed by atoms with van der Waals surface area (Å²) in [5.41, 5.74) is -0.514. The number of alkyl carbamates (subject to hydrolysis) is 1. The number of hydrogen-bond acceptors (Lipinski definition) is 3. The molecule has 0 aliphatic carbocycles. The number of carbonyl (C=O) groups is 2. The molecule has 0 bridgehead atoms. The number of hydrogen-bond donors (Lipinski definition) is 1. The van der Waals surface area contributed by atoms with Crippen LogP contribution in [0, 0.1) is 5.41 Å². The van der Waals surface area contributed by atoms with E-state index in [2.05, 4.69) is 16.6 Å². The highest BCUT2D eigenvalue weighted by Gasteiger charge is 2.28. The molecule has 1 amide bonds. The van der Waals surface area contributed by atoms with Crippen molar-refractivity contribution in [2.45, 2.75) is 26.8 Å². The Morgan fingerprint density at radius 1 is 1.43 bits per heavy atom. The Hall–Kier alpha value is -1.32. The van der Waals surface area contributed by atoms with Crippen LogP contribution >= 0.6 is 0 Å². The fourth-order valence-corrected chi connectivity index (χ4v) is 0.884. The van der Waals surface area contributed by atoms with Crippen LogP contribution in [-0.4, -0.2) is 25.0 Å². The van der Waals surface area contributed by atoms with Crippen LogP contribution in [0.25, 0.3) is 0 Å². The maximum Gasteiger partial charge on any atom is 0.407 e. The fourth-order valence-electron chi connectivity index (χ4n) is 0.884. The van der Waals surface area contributed by atoms with E-state index in [-0.39, 0.29) is 5.78 Å². The molecular weight excluding hydrogens is 182 g/mol. The van der Waals surface area contributed by atoms with E-state index in [1.807, 2.05) is 0 Å². The second kappa shape index (κ2) is 4.79. The number of nitrogens with one attached hydrogen (secondary N) is 1. The van der Waals surface area contributed by atoms with Crippen molar-refractivity contribution >= 4 is 11.9 Å². The van der Waals surface area contributed by atoms with E-state index in [0.29, 0.717) is 0 Å². The average Bonchev–Trinajstić information content (AvgIpc) is 2.11. The first-order valence-corrected chi connectivity index (χ1v) is 4.34. The third-order valence-corrected chi connectivity index (χ3v) is 1.72. The van der Waals surface area contributed by atoms with Gasteiger partial charge >= 0.3 is 6.09 Å². The molecule has 0 aromatic carbocycles. The van der Waals surface area contributed by atoms with Crippen molar-refractivity contribution < 1.29 is 14.3 Å². The molecule has 1 N–H and O–H groups in total. The van der Waals surface area contributed by atoms with Crippen molar-refractivity contribution in [3.05, 3.63) is 12.7 Å². The minimum Gasteiger partial charge on any atom is -0.453 e. The van der Waals surface area contributed by atoms with Crippen molar-refractivity contribution in [1.29, 1.82) is 0 Å². The molecule has 0 rings (SSSR count). The van der Waals surface area contributed by atoms with Gasteiger partial charge in [-0.3, -0.25) is 4.79 Å². The number of methoxy groups -OCH3 is 1. The minimum absolute atomic E-state index is 0.0992. The van der Waals surface area contributed by atoms with Crippen LogP contribution in [0.3, 0.4) is 0 Å². The molecule has 0 saturated carbocycles. The molecule has 0 radical (unpaired) electrons. The van der Waals surface area contributed by atoms with E-state index in [4.69, 9.17) is 0 Å². The zero-order chi connectivity index (χ0) is 11.4. The average molecular weight is 199 g/mol. The molecule has 0 aromatic rings. The highest BCUT2D eigenvalue weighted by molar-refractivity contribution is 5.92. The van der Waals surface area contributed by atoms with Gasteiger partial charge in [-0.05, 0) is 0 Å². The van der Waals surface area contributed by atoms with Crippen LogP contribution in [0.4, 0.5) is 4.79 Å². The van der Waals surface area contributed by atoms with Gasteiger partial charge in [0.05, 0.1) is 7.11 Å². The summed E-state index contributed by atoms with van der Waals surface area (Å²) in [7, 11) is 1.25. The third kappa shape index (κ3) is 3.60. The molecule has 4 heteroatoms. The number of ether oxygens (including phenoxy) is 1. The lowest BCUT2D eigenvalue weighted by Gasteiger charge is -2.22. The number of rotatable bonds is 3. The second-order valence-corrected chi connectivity index (χ2v) is 3.96. The molecule has 0 aliphatic rings. The van der Waals surface area contributed by atoms with Crippen molar-refractivity contribution in [3.63, 3.8) is 0 Å². The van der Waals surface area contributed by atoms with E-state index >= 15 is 0 Å². The first kappa shape index (κ1) is 12.7. The van der Waals surface area contributed by atoms with Gasteiger partial charge in [0.25, 0.3) is 0 Å². The highest BCUT2D eigenvalue weighted by atomic mass is 16.5. The Bertz CT molecular complexity index is 240. The second-order valence-electron chi connectivity index (χ2n) is 3.96. The van der Waals surface area contributed by atoms with Crippen molar-refractivity contribution in [1.82, 2.24) is 5.32 Å². The number of ketones is 1. The summed E-state index contributed by atoms with van der Waals surface area (Å²) < 4.78 is 4.40. The van der Waals surface area contributed by atoms with Crippen molar-refractivity contribution in [2.75, 3.05) is 7.11 Å². The van der Waals surface area contributed by atoms with E-state index < -0.39 is 17.6 Å². The Morgan fingerprint density at radius 2 is 1.93 bits per heavy atom. The lowest BCUT2D eigenvalue weighted by Crippen LogP contribution is -2.44. The molecule has 14 heavy (non-hydrogen) atoms. The van der Waals surface area contributed by atoms with Gasteiger partial charge in [-0.1, -0.05) is 26.8 Å². The smallest absolute Gasteiger partial charge is 0.407 e. The van der Waals surface area contributed by atoms with E-state index in [0.717, 1.165) is 0 Å². The van der Waals surface area contributed by atoms with Crippen molar-refractivity contribution in [3.8, 4) is 0 Å². The Labute approximate surface area is 84.3 Å². The van der Waals surface area contributed by atoms with Crippen molar-refractivity contribution in [2.24, 2.45) is 5.41 Å². The lowest BCUT2D eigenvalue weighted by molar-refractivity contribution is -0.127. The van der Waals surface area contributed by atoms with Crippen LogP contribution in [0.15, 0.2) is 12.7 Å². The zero-order valence-corrected chi connectivity index (χ0v) is 9.09. The van der Waals surface area contributed by atoms with Gasteiger partial charge in [0.2, 0.25) is 0 Å². The van der Waals surface area contributed by atoms with Gasteiger partial charge in [0.15, 0.2) is 5.78 Å². The maximum absolute atomic E-state index is 11.7. The molecule has 1 atom stereocenters. The van der Waals surface area contributed by atoms with Gasteiger partial charge in [-0.25, -0.2) is 4.79 Å². The molecule has 4 nitrogen and oxygen atoms in total. The van der Waals surface area contributed by atoms with Crippen LogP contribution in [0.1, 0.15) is 20.8 Å². The lowest BCUT2D eigenvalue weighted by atomic mass is 9.86. The molecule has 0 aromatic heterocycles. The molecular formula is C10H17NO3. The summed E-state index contributed by atoms with van der Waals surface area (Å²) >= 11 is 0. The molecule has 80 valence electrons. The van der Waals surface area contributed by atoms with Gasteiger partial charge in [-0.2, -0.15) is 0 Å². The summed E-state index contributed by atoms with van der Waals surface area (Å²) in [6, 6.07) is -0.692. The minimum atomic E-state index is -0.692. The van der Waals surface area contributed by atoms with Gasteiger partial charge < -0.3 is 10.1 Å². The van der Waals surface area contributed by atoms with Crippen LogP contribution in [-0.2, 0) is 9.53 Å².